The second-order valence-corrected chi connectivity index (χ2v) is 11.6. The number of hydrogen-bond donors (Lipinski definition) is 1. The fraction of sp³-hybridized carbons (Fsp3) is 0.258. The molecule has 228 valence electrons. The van der Waals surface area contributed by atoms with Gasteiger partial charge >= 0.3 is 0 Å². The summed E-state index contributed by atoms with van der Waals surface area (Å²) in [6.07, 6.45) is 0.503. The summed E-state index contributed by atoms with van der Waals surface area (Å²) in [4.78, 5) is 26.0. The summed E-state index contributed by atoms with van der Waals surface area (Å²) in [5.74, 6) is 1.89. The molecule has 4 aromatic rings. The Labute approximate surface area is 267 Å². The average Bonchev–Trinajstić information content (AvgIpc) is 3.65. The third-order valence-corrected chi connectivity index (χ3v) is 8.48. The lowest BCUT2D eigenvalue weighted by molar-refractivity contribution is -0.130. The number of amides is 2. The van der Waals surface area contributed by atoms with Gasteiger partial charge in [-0.1, -0.05) is 70.2 Å². The molecular weight excluding hydrogens is 648 g/mol. The molecule has 0 saturated carbocycles. The van der Waals surface area contributed by atoms with Crippen LogP contribution in [0.3, 0.4) is 0 Å². The SMILES string of the molecule is COc1cccc([C@H]2CC(c3ccc(Br)cc3)=NN2C(=O)CSc2nnc(CNC(=O)COc3ccccc3)n2C)c1OC. The lowest BCUT2D eigenvalue weighted by Crippen LogP contribution is -2.29. The van der Waals surface area contributed by atoms with Gasteiger partial charge in [0.05, 0.1) is 38.3 Å². The molecule has 11 nitrogen and oxygen atoms in total. The molecule has 44 heavy (non-hydrogen) atoms. The van der Waals surface area contributed by atoms with Gasteiger partial charge in [-0.25, -0.2) is 5.01 Å². The Balaban J connectivity index is 1.26. The highest BCUT2D eigenvalue weighted by molar-refractivity contribution is 9.10. The lowest BCUT2D eigenvalue weighted by atomic mass is 9.97. The van der Waals surface area contributed by atoms with E-state index in [1.54, 1.807) is 38.0 Å². The molecule has 1 N–H and O–H groups in total. The van der Waals surface area contributed by atoms with Crippen molar-refractivity contribution in [2.75, 3.05) is 26.6 Å². The van der Waals surface area contributed by atoms with Crippen LogP contribution < -0.4 is 19.5 Å². The Morgan fingerprint density at radius 1 is 1.00 bits per heavy atom. The summed E-state index contributed by atoms with van der Waals surface area (Å²) in [5, 5.41) is 18.0. The number of ether oxygens (including phenoxy) is 3. The van der Waals surface area contributed by atoms with Gasteiger partial charge in [-0.3, -0.25) is 9.59 Å². The number of methoxy groups -OCH3 is 2. The molecule has 0 fully saturated rings. The van der Waals surface area contributed by atoms with E-state index in [-0.39, 0.29) is 30.7 Å². The Morgan fingerprint density at radius 3 is 2.50 bits per heavy atom. The molecule has 0 radical (unpaired) electrons. The van der Waals surface area contributed by atoms with Gasteiger partial charge in [0.2, 0.25) is 0 Å². The van der Waals surface area contributed by atoms with E-state index in [0.717, 1.165) is 21.3 Å². The Kier molecular flexibility index (Phi) is 10.2. The number of nitrogens with one attached hydrogen (secondary N) is 1. The number of rotatable bonds is 12. The molecule has 0 bridgehead atoms. The molecule has 5 rings (SSSR count). The van der Waals surface area contributed by atoms with E-state index in [0.29, 0.717) is 34.7 Å². The highest BCUT2D eigenvalue weighted by Crippen LogP contribution is 2.42. The largest absolute Gasteiger partial charge is 0.493 e. The second kappa shape index (κ2) is 14.4. The summed E-state index contributed by atoms with van der Waals surface area (Å²) < 4.78 is 19.4. The van der Waals surface area contributed by atoms with Gasteiger partial charge in [0.15, 0.2) is 29.1 Å². The van der Waals surface area contributed by atoms with Crippen LogP contribution >= 0.6 is 27.7 Å². The van der Waals surface area contributed by atoms with Crippen molar-refractivity contribution < 1.29 is 23.8 Å². The van der Waals surface area contributed by atoms with E-state index in [1.807, 2.05) is 60.7 Å². The van der Waals surface area contributed by atoms with E-state index in [4.69, 9.17) is 19.3 Å². The number of hydrogen-bond acceptors (Lipinski definition) is 9. The number of aromatic nitrogens is 3. The molecule has 0 spiro atoms. The van der Waals surface area contributed by atoms with Crippen molar-refractivity contribution in [2.45, 2.75) is 24.2 Å². The van der Waals surface area contributed by atoms with Crippen molar-refractivity contribution >= 4 is 45.2 Å². The van der Waals surface area contributed by atoms with Gasteiger partial charge in [0, 0.05) is 23.5 Å². The van der Waals surface area contributed by atoms with Gasteiger partial charge in [-0.05, 0) is 35.9 Å². The first-order chi connectivity index (χ1) is 21.4. The molecule has 1 aliphatic heterocycles. The molecule has 1 atom stereocenters. The number of hydrazone groups is 1. The molecule has 3 aromatic carbocycles. The standard InChI is InChI=1S/C31H31BrN6O5S/c1-37-27(17-33-28(39)18-43-22-8-5-4-6-9-22)34-35-31(37)44-19-29(40)38-25(23-10-7-11-26(41-2)30(23)42-3)16-24(36-38)20-12-14-21(32)15-13-20/h4-15,25H,16-19H2,1-3H3,(H,33,39)/t25-/m1/s1. The zero-order valence-electron chi connectivity index (χ0n) is 24.4. The van der Waals surface area contributed by atoms with Gasteiger partial charge in [0.1, 0.15) is 5.75 Å². The number of carbonyl (C=O) groups excluding carboxylic acids is 2. The van der Waals surface area contributed by atoms with Crippen LogP contribution in [0.1, 0.15) is 29.4 Å². The molecule has 0 saturated heterocycles. The van der Waals surface area contributed by atoms with Crippen LogP contribution in [0.25, 0.3) is 0 Å². The minimum Gasteiger partial charge on any atom is -0.493 e. The van der Waals surface area contributed by atoms with Crippen molar-refractivity contribution in [3.63, 3.8) is 0 Å². The topological polar surface area (TPSA) is 120 Å². The quantitative estimate of drug-likeness (QED) is 0.213. The van der Waals surface area contributed by atoms with Crippen molar-refractivity contribution in [1.82, 2.24) is 25.1 Å². The molecule has 2 amide bonds. The fourth-order valence-electron chi connectivity index (χ4n) is 4.69. The number of carbonyl (C=O) groups is 2. The molecular formula is C31H31BrN6O5S. The second-order valence-electron chi connectivity index (χ2n) is 9.72. The zero-order chi connectivity index (χ0) is 31.1. The van der Waals surface area contributed by atoms with Crippen LogP contribution in [-0.2, 0) is 23.2 Å². The maximum Gasteiger partial charge on any atom is 0.258 e. The predicted molar refractivity (Wildman–Crippen MR) is 170 cm³/mol. The fourth-order valence-corrected chi connectivity index (χ4v) is 5.73. The number of para-hydroxylation sites is 2. The minimum atomic E-state index is -0.393. The molecule has 13 heteroatoms. The van der Waals surface area contributed by atoms with Gasteiger partial charge in [-0.15, -0.1) is 10.2 Å². The predicted octanol–water partition coefficient (Wildman–Crippen LogP) is 4.76. The first kappa shape index (κ1) is 31.1. The number of benzene rings is 3. The van der Waals surface area contributed by atoms with Gasteiger partial charge in [-0.2, -0.15) is 5.10 Å². The zero-order valence-corrected chi connectivity index (χ0v) is 26.8. The van der Waals surface area contributed by atoms with E-state index >= 15 is 0 Å². The Morgan fingerprint density at radius 2 is 1.77 bits per heavy atom. The molecule has 0 aliphatic carbocycles. The van der Waals surface area contributed by atoms with Crippen molar-refractivity contribution in [2.24, 2.45) is 12.1 Å². The van der Waals surface area contributed by atoms with Crippen LogP contribution in [0.15, 0.2) is 87.5 Å². The normalized spacial score (nSPS) is 14.2. The van der Waals surface area contributed by atoms with Crippen LogP contribution in [0.2, 0.25) is 0 Å². The highest BCUT2D eigenvalue weighted by atomic mass is 79.9. The highest BCUT2D eigenvalue weighted by Gasteiger charge is 2.35. The third kappa shape index (κ3) is 7.22. The molecule has 0 unspecified atom stereocenters. The smallest absolute Gasteiger partial charge is 0.258 e. The number of halogens is 1. The Bertz CT molecular complexity index is 1650. The van der Waals surface area contributed by atoms with Crippen molar-refractivity contribution in [1.29, 1.82) is 0 Å². The van der Waals surface area contributed by atoms with Crippen LogP contribution in [-0.4, -0.2) is 63.9 Å². The van der Waals surface area contributed by atoms with Crippen LogP contribution in [0, 0.1) is 0 Å². The summed E-state index contributed by atoms with van der Waals surface area (Å²) in [5.41, 5.74) is 2.52. The number of nitrogens with zero attached hydrogens (tertiary/aromatic N) is 5. The van der Waals surface area contributed by atoms with E-state index in [9.17, 15) is 9.59 Å². The third-order valence-electron chi connectivity index (χ3n) is 6.94. The van der Waals surface area contributed by atoms with Crippen molar-refractivity contribution in [3.8, 4) is 17.2 Å². The Hall–Kier alpha value is -4.36. The maximum atomic E-state index is 13.7. The first-order valence-corrected chi connectivity index (χ1v) is 15.5. The lowest BCUT2D eigenvalue weighted by Gasteiger charge is -2.24. The number of thioether (sulfide) groups is 1. The van der Waals surface area contributed by atoms with Crippen molar-refractivity contribution in [3.05, 3.63) is 94.2 Å². The molecule has 2 heterocycles. The summed E-state index contributed by atoms with van der Waals surface area (Å²) in [7, 11) is 4.95. The van der Waals surface area contributed by atoms with Gasteiger partial charge in [0.25, 0.3) is 11.8 Å². The van der Waals surface area contributed by atoms with Gasteiger partial charge < -0.3 is 24.1 Å². The van der Waals surface area contributed by atoms with E-state index < -0.39 is 6.04 Å². The summed E-state index contributed by atoms with van der Waals surface area (Å²) in [6.45, 7) is 0.0511. The van der Waals surface area contributed by atoms with Crippen LogP contribution in [0.4, 0.5) is 0 Å². The van der Waals surface area contributed by atoms with E-state index in [1.165, 1.54) is 16.8 Å². The molecule has 1 aliphatic rings. The minimum absolute atomic E-state index is 0.0726. The van der Waals surface area contributed by atoms with E-state index in [2.05, 4.69) is 31.4 Å². The average molecular weight is 680 g/mol. The first-order valence-electron chi connectivity index (χ1n) is 13.7. The summed E-state index contributed by atoms with van der Waals surface area (Å²) in [6, 6.07) is 22.2. The monoisotopic (exact) mass is 678 g/mol. The van der Waals surface area contributed by atoms with Crippen LogP contribution in [0.5, 0.6) is 17.2 Å². The summed E-state index contributed by atoms with van der Waals surface area (Å²) >= 11 is 4.73. The molecule has 1 aromatic heterocycles. The maximum absolute atomic E-state index is 13.7.